The van der Waals surface area contributed by atoms with Gasteiger partial charge in [-0.25, -0.2) is 13.2 Å². The zero-order valence-corrected chi connectivity index (χ0v) is 22.1. The van der Waals surface area contributed by atoms with Gasteiger partial charge in [0.15, 0.2) is 0 Å². The van der Waals surface area contributed by atoms with E-state index >= 15 is 0 Å². The van der Waals surface area contributed by atoms with E-state index in [1.807, 2.05) is 0 Å². The summed E-state index contributed by atoms with van der Waals surface area (Å²) in [5.41, 5.74) is -0.898. The van der Waals surface area contributed by atoms with Crippen LogP contribution in [0.3, 0.4) is 0 Å². The maximum Gasteiger partial charge on any atom is 1.00 e. The summed E-state index contributed by atoms with van der Waals surface area (Å²) in [4.78, 5) is 25.0. The van der Waals surface area contributed by atoms with Crippen molar-refractivity contribution in [2.75, 3.05) is 14.2 Å². The van der Waals surface area contributed by atoms with Crippen LogP contribution in [0.5, 0.6) is 11.5 Å². The van der Waals surface area contributed by atoms with Crippen LogP contribution in [-0.2, 0) is 41.4 Å². The summed E-state index contributed by atoms with van der Waals surface area (Å²) in [5.74, 6) is -3.82. The van der Waals surface area contributed by atoms with E-state index in [-0.39, 0.29) is 44.7 Å². The van der Waals surface area contributed by atoms with Crippen molar-refractivity contribution in [3.05, 3.63) is 64.4 Å². The van der Waals surface area contributed by atoms with Crippen molar-refractivity contribution in [1.29, 1.82) is 0 Å². The first-order valence-electron chi connectivity index (χ1n) is 11.3. The Morgan fingerprint density at radius 2 is 1.74 bits per heavy atom. The molecule has 38 heavy (non-hydrogen) atoms. The molecule has 1 heterocycles. The monoisotopic (exact) mass is 593 g/mol. The minimum absolute atomic E-state index is 0. The molecule has 0 atom stereocenters. The minimum atomic E-state index is -4.51. The Morgan fingerprint density at radius 1 is 1.03 bits per heavy atom. The first-order chi connectivity index (χ1) is 17.7. The largest absolute Gasteiger partial charge is 1.00 e. The van der Waals surface area contributed by atoms with Crippen LogP contribution in [-0.4, -0.2) is 45.4 Å². The van der Waals surface area contributed by atoms with Crippen LogP contribution in [0.4, 0.5) is 5.69 Å². The fraction of sp³-hybridized carbons (Fsp3) is 0.333. The molecule has 14 heteroatoms. The summed E-state index contributed by atoms with van der Waals surface area (Å²) in [6, 6.07) is 9.69. The second kappa shape index (κ2) is 11.8. The molecule has 1 spiro atoms. The van der Waals surface area contributed by atoms with Gasteiger partial charge < -0.3 is 33.6 Å². The number of esters is 1. The predicted molar refractivity (Wildman–Crippen MR) is 128 cm³/mol. The topological polar surface area (TPSA) is 164 Å². The van der Waals surface area contributed by atoms with Gasteiger partial charge in [-0.05, 0) is 31.0 Å². The number of aliphatic hydroxyl groups excluding tert-OH is 1. The van der Waals surface area contributed by atoms with E-state index in [2.05, 4.69) is 15.0 Å². The Bertz CT molecular complexity index is 1390. The van der Waals surface area contributed by atoms with E-state index in [1.165, 1.54) is 56.7 Å². The number of hydrogen-bond acceptors (Lipinski definition) is 11. The van der Waals surface area contributed by atoms with Crippen LogP contribution in [0, 0.1) is 0 Å². The van der Waals surface area contributed by atoms with E-state index in [9.17, 15) is 23.1 Å². The Kier molecular flexibility index (Phi) is 9.02. The quantitative estimate of drug-likeness (QED) is 0.273. The molecule has 1 amide bonds. The standard InChI is InChI=1S/C24H25N3O9S.Cu/c1-33-15-10-11-18(34-2)19(14-15)37(31,32)27-21(28)16-8-4-5-9-17(16)25-26-20-22(29)35-24(36-23(20)30)12-6-3-7-13-24;/h4-5,8-11,14H,3,6-7,12-13H2,1-2H3,(H2,25,27,28,29,30);/q;+1/p-1. The van der Waals surface area contributed by atoms with Crippen LogP contribution in [0.1, 0.15) is 42.5 Å². The Balaban J connectivity index is 0.00000400. The molecule has 4 rings (SSSR count). The van der Waals surface area contributed by atoms with Gasteiger partial charge in [-0.1, -0.05) is 24.6 Å². The van der Waals surface area contributed by atoms with Crippen molar-refractivity contribution in [1.82, 2.24) is 0 Å². The Hall–Kier alpha value is -3.61. The SMILES string of the molecule is COc1ccc(OC)c(S(=O)(=O)[N-]C(=O)c2ccccc2N=NC2=C(O)OC3(CCCCC3)OC2=O)c1.[Cu+]. The summed E-state index contributed by atoms with van der Waals surface area (Å²) >= 11 is 0. The van der Waals surface area contributed by atoms with Gasteiger partial charge in [0.2, 0.25) is 0 Å². The van der Waals surface area contributed by atoms with Crippen LogP contribution in [0.25, 0.3) is 4.72 Å². The van der Waals surface area contributed by atoms with Crippen LogP contribution < -0.4 is 9.47 Å². The summed E-state index contributed by atoms with van der Waals surface area (Å²) in [6.45, 7) is 0. The number of methoxy groups -OCH3 is 2. The molecule has 2 aromatic carbocycles. The second-order valence-corrected chi connectivity index (χ2v) is 9.79. The summed E-state index contributed by atoms with van der Waals surface area (Å²) in [5, 5.41) is 17.9. The maximum absolute atomic E-state index is 12.9. The smallest absolute Gasteiger partial charge is 0.537 e. The van der Waals surface area contributed by atoms with Crippen LogP contribution in [0.2, 0.25) is 0 Å². The van der Waals surface area contributed by atoms with Gasteiger partial charge in [-0.2, -0.15) is 0 Å². The van der Waals surface area contributed by atoms with Gasteiger partial charge in [0.25, 0.3) is 11.5 Å². The molecule has 1 saturated carbocycles. The van der Waals surface area contributed by atoms with Crippen LogP contribution >= 0.6 is 0 Å². The van der Waals surface area contributed by atoms with Gasteiger partial charge in [-0.3, -0.25) is 0 Å². The third-order valence-electron chi connectivity index (χ3n) is 5.82. The third-order valence-corrected chi connectivity index (χ3v) is 7.10. The molecule has 1 N–H and O–H groups in total. The molecule has 2 aromatic rings. The molecular weight excluding hydrogens is 570 g/mol. The van der Waals surface area contributed by atoms with E-state index in [1.54, 1.807) is 0 Å². The van der Waals surface area contributed by atoms with Gasteiger partial charge >= 0.3 is 29.0 Å². The first kappa shape index (κ1) is 29.0. The summed E-state index contributed by atoms with van der Waals surface area (Å²) in [6.07, 6.45) is 3.41. The normalized spacial score (nSPS) is 16.8. The van der Waals surface area contributed by atoms with Gasteiger partial charge in [-0.15, -0.1) is 10.2 Å². The molecule has 206 valence electrons. The average Bonchev–Trinajstić information content (AvgIpc) is 2.88. The Labute approximate surface area is 229 Å². The third kappa shape index (κ3) is 6.09. The molecule has 1 fully saturated rings. The van der Waals surface area contributed by atoms with E-state index < -0.39 is 39.3 Å². The number of hydrogen-bond donors (Lipinski definition) is 1. The van der Waals surface area contributed by atoms with E-state index in [0.717, 1.165) is 19.3 Å². The molecule has 1 aliphatic carbocycles. The summed E-state index contributed by atoms with van der Waals surface area (Å²) in [7, 11) is -1.88. The average molecular weight is 594 g/mol. The van der Waals surface area contributed by atoms with Crippen molar-refractivity contribution < 1.29 is 59.1 Å². The van der Waals surface area contributed by atoms with Crippen molar-refractivity contribution in [2.24, 2.45) is 10.2 Å². The molecule has 12 nitrogen and oxygen atoms in total. The number of benzene rings is 2. The number of amides is 1. The fourth-order valence-electron chi connectivity index (χ4n) is 3.97. The molecule has 1 aliphatic heterocycles. The molecular formula is C24H24CuN3O9S. The molecule has 0 radical (unpaired) electrons. The number of aliphatic hydroxyl groups is 1. The fourth-order valence-corrected chi connectivity index (χ4v) is 5.05. The number of carbonyl (C=O) groups is 2. The van der Waals surface area contributed by atoms with Gasteiger partial charge in [0.1, 0.15) is 21.5 Å². The van der Waals surface area contributed by atoms with E-state index in [0.29, 0.717) is 12.8 Å². The van der Waals surface area contributed by atoms with Crippen molar-refractivity contribution in [2.45, 2.75) is 42.8 Å². The number of sulfonamides is 1. The zero-order valence-electron chi connectivity index (χ0n) is 20.3. The van der Waals surface area contributed by atoms with Crippen LogP contribution in [0.15, 0.2) is 69.2 Å². The number of carbonyl (C=O) groups excluding carboxylic acids is 2. The molecule has 2 aliphatic rings. The molecule has 0 bridgehead atoms. The number of ether oxygens (including phenoxy) is 4. The van der Waals surface area contributed by atoms with E-state index in [4.69, 9.17) is 18.9 Å². The number of nitrogens with zero attached hydrogens (tertiary/aromatic N) is 3. The maximum atomic E-state index is 12.9. The molecule has 0 saturated heterocycles. The first-order valence-corrected chi connectivity index (χ1v) is 12.7. The summed E-state index contributed by atoms with van der Waals surface area (Å²) < 4.78 is 50.2. The van der Waals surface area contributed by atoms with Crippen molar-refractivity contribution in [3.8, 4) is 11.5 Å². The van der Waals surface area contributed by atoms with Gasteiger partial charge in [0.05, 0.1) is 30.7 Å². The number of rotatable bonds is 7. The molecule has 0 aromatic heterocycles. The van der Waals surface area contributed by atoms with Gasteiger partial charge in [0, 0.05) is 24.5 Å². The molecule has 0 unspecified atom stereocenters. The second-order valence-electron chi connectivity index (χ2n) is 8.22. The zero-order chi connectivity index (χ0) is 26.6. The van der Waals surface area contributed by atoms with Crippen molar-refractivity contribution >= 4 is 27.6 Å². The number of azo groups is 1. The van der Waals surface area contributed by atoms with Crippen molar-refractivity contribution in [3.63, 3.8) is 0 Å². The minimum Gasteiger partial charge on any atom is -0.537 e. The Morgan fingerprint density at radius 3 is 2.39 bits per heavy atom. The predicted octanol–water partition coefficient (Wildman–Crippen LogP) is 4.65.